The molecule has 1 saturated carbocycles. The van der Waals surface area contributed by atoms with E-state index in [0.717, 1.165) is 42.6 Å². The predicted octanol–water partition coefficient (Wildman–Crippen LogP) is 3.34. The highest BCUT2D eigenvalue weighted by atomic mass is 16.5. The van der Waals surface area contributed by atoms with E-state index < -0.39 is 0 Å². The van der Waals surface area contributed by atoms with E-state index in [-0.39, 0.29) is 19.2 Å². The van der Waals surface area contributed by atoms with Crippen LogP contribution in [0.15, 0.2) is 35.2 Å². The minimum Gasteiger partial charge on any atom is -0.394 e. The molecular formula is C24H28N8O4. The summed E-state index contributed by atoms with van der Waals surface area (Å²) in [6.07, 6.45) is 9.86. The first-order valence-corrected chi connectivity index (χ1v) is 12.0. The summed E-state index contributed by atoms with van der Waals surface area (Å²) in [6, 6.07) is 3.27. The number of hydrogen-bond donors (Lipinski definition) is 3. The Labute approximate surface area is 207 Å². The molecule has 0 unspecified atom stereocenters. The number of nitrogens with zero attached hydrogens (tertiary/aromatic N) is 6. The Bertz CT molecular complexity index is 1350. The number of rotatable bonds is 9. The highest BCUT2D eigenvalue weighted by molar-refractivity contribution is 6.00. The van der Waals surface area contributed by atoms with Gasteiger partial charge >= 0.3 is 6.03 Å². The number of aromatic nitrogens is 6. The molecule has 12 heteroatoms. The molecule has 4 heterocycles. The number of urea groups is 1. The first-order chi connectivity index (χ1) is 17.6. The zero-order chi connectivity index (χ0) is 24.9. The van der Waals surface area contributed by atoms with Gasteiger partial charge in [-0.05, 0) is 31.4 Å². The van der Waals surface area contributed by atoms with Crippen LogP contribution in [0.4, 0.5) is 16.2 Å². The number of aliphatic hydroxyl groups excluding tert-OH is 1. The summed E-state index contributed by atoms with van der Waals surface area (Å²) in [5.74, 6) is 1.11. The first-order valence-electron chi connectivity index (χ1n) is 12.0. The maximum absolute atomic E-state index is 12.9. The highest BCUT2D eigenvalue weighted by Gasteiger charge is 2.24. The number of aliphatic hydroxyl groups is 1. The fourth-order valence-corrected chi connectivity index (χ4v) is 4.52. The SMILES string of the molecule is Cc1cc(NC(=O)Nc2cnc3ccnn3c2C2CCCC2)cnc1-c1noc(CCOCCO)n1. The van der Waals surface area contributed by atoms with Crippen LogP contribution in [0.2, 0.25) is 0 Å². The van der Waals surface area contributed by atoms with E-state index in [1.807, 2.05) is 17.5 Å². The summed E-state index contributed by atoms with van der Waals surface area (Å²) in [7, 11) is 0. The third kappa shape index (κ3) is 5.19. The molecule has 12 nitrogen and oxygen atoms in total. The molecule has 0 saturated heterocycles. The van der Waals surface area contributed by atoms with E-state index in [9.17, 15) is 4.79 Å². The molecule has 0 atom stereocenters. The molecule has 3 N–H and O–H groups in total. The van der Waals surface area contributed by atoms with Crippen LogP contribution in [0.3, 0.4) is 0 Å². The van der Waals surface area contributed by atoms with Gasteiger partial charge in [0, 0.05) is 12.0 Å². The van der Waals surface area contributed by atoms with Crippen LogP contribution in [0.1, 0.15) is 48.7 Å². The zero-order valence-electron chi connectivity index (χ0n) is 20.0. The molecule has 1 fully saturated rings. The highest BCUT2D eigenvalue weighted by Crippen LogP contribution is 2.37. The number of anilines is 2. The van der Waals surface area contributed by atoms with E-state index in [2.05, 4.69) is 35.8 Å². The molecule has 2 amide bonds. The Morgan fingerprint density at radius 1 is 1.22 bits per heavy atom. The molecule has 0 aliphatic heterocycles. The number of pyridine rings is 1. The third-order valence-electron chi connectivity index (χ3n) is 6.15. The van der Waals surface area contributed by atoms with Crippen LogP contribution in [0, 0.1) is 6.92 Å². The van der Waals surface area contributed by atoms with E-state index in [1.165, 1.54) is 0 Å². The molecule has 0 bridgehead atoms. The van der Waals surface area contributed by atoms with E-state index >= 15 is 0 Å². The van der Waals surface area contributed by atoms with E-state index in [4.69, 9.17) is 14.4 Å². The average Bonchev–Trinajstić information content (AvgIpc) is 3.64. The van der Waals surface area contributed by atoms with Crippen molar-refractivity contribution in [1.82, 2.24) is 29.7 Å². The van der Waals surface area contributed by atoms with Crippen molar-refractivity contribution in [2.75, 3.05) is 30.5 Å². The van der Waals surface area contributed by atoms with Crippen LogP contribution >= 0.6 is 0 Å². The second kappa shape index (κ2) is 10.8. The summed E-state index contributed by atoms with van der Waals surface area (Å²) in [6.45, 7) is 2.46. The summed E-state index contributed by atoms with van der Waals surface area (Å²) >= 11 is 0. The summed E-state index contributed by atoms with van der Waals surface area (Å²) in [5.41, 5.74) is 4.27. The van der Waals surface area contributed by atoms with Crippen LogP contribution in [0.5, 0.6) is 0 Å². The van der Waals surface area contributed by atoms with Crippen molar-refractivity contribution in [3.63, 3.8) is 0 Å². The first kappa shape index (κ1) is 23.8. The topological polar surface area (TPSA) is 153 Å². The predicted molar refractivity (Wildman–Crippen MR) is 131 cm³/mol. The fourth-order valence-electron chi connectivity index (χ4n) is 4.52. The molecule has 0 spiro atoms. The fraction of sp³-hybridized carbons (Fsp3) is 0.417. The number of hydrogen-bond acceptors (Lipinski definition) is 9. The smallest absolute Gasteiger partial charge is 0.323 e. The van der Waals surface area contributed by atoms with Gasteiger partial charge in [-0.3, -0.25) is 4.98 Å². The molecule has 5 rings (SSSR count). The van der Waals surface area contributed by atoms with Gasteiger partial charge in [-0.1, -0.05) is 18.0 Å². The zero-order valence-corrected chi connectivity index (χ0v) is 20.0. The number of fused-ring (bicyclic) bond motifs is 1. The quantitative estimate of drug-likeness (QED) is 0.299. The molecule has 1 aliphatic rings. The summed E-state index contributed by atoms with van der Waals surface area (Å²) in [5, 5.41) is 23.0. The average molecular weight is 493 g/mol. The van der Waals surface area contributed by atoms with Gasteiger partial charge in [0.2, 0.25) is 11.7 Å². The molecule has 0 radical (unpaired) electrons. The van der Waals surface area contributed by atoms with Crippen LogP contribution in [-0.4, -0.2) is 60.7 Å². The number of carbonyl (C=O) groups is 1. The van der Waals surface area contributed by atoms with Gasteiger partial charge in [0.25, 0.3) is 0 Å². The lowest BCUT2D eigenvalue weighted by atomic mass is 10.0. The molecule has 4 aromatic heterocycles. The van der Waals surface area contributed by atoms with Crippen molar-refractivity contribution in [3.05, 3.63) is 47.9 Å². The lowest BCUT2D eigenvalue weighted by Gasteiger charge is -2.17. The second-order valence-electron chi connectivity index (χ2n) is 8.71. The Morgan fingerprint density at radius 3 is 2.89 bits per heavy atom. The van der Waals surface area contributed by atoms with Crippen LogP contribution in [0.25, 0.3) is 17.2 Å². The maximum atomic E-state index is 12.9. The number of carbonyl (C=O) groups excluding carboxylic acids is 1. The van der Waals surface area contributed by atoms with Crippen molar-refractivity contribution in [2.24, 2.45) is 0 Å². The minimum absolute atomic E-state index is 0.0330. The lowest BCUT2D eigenvalue weighted by Crippen LogP contribution is -2.22. The van der Waals surface area contributed by atoms with Gasteiger partial charge in [-0.15, -0.1) is 0 Å². The Kier molecular flexibility index (Phi) is 7.14. The number of amides is 2. The molecule has 36 heavy (non-hydrogen) atoms. The molecule has 4 aromatic rings. The van der Waals surface area contributed by atoms with Gasteiger partial charge in [0.1, 0.15) is 5.69 Å². The summed E-state index contributed by atoms with van der Waals surface area (Å²) in [4.78, 5) is 26.1. The second-order valence-corrected chi connectivity index (χ2v) is 8.71. The molecule has 188 valence electrons. The number of nitrogens with one attached hydrogen (secondary N) is 2. The largest absolute Gasteiger partial charge is 0.394 e. The van der Waals surface area contributed by atoms with Crippen molar-refractivity contribution in [2.45, 2.75) is 44.9 Å². The Morgan fingerprint density at radius 2 is 2.08 bits per heavy atom. The Hall–Kier alpha value is -3.90. The van der Waals surface area contributed by atoms with Crippen LogP contribution < -0.4 is 10.6 Å². The molecule has 0 aromatic carbocycles. The summed E-state index contributed by atoms with van der Waals surface area (Å²) < 4.78 is 12.3. The minimum atomic E-state index is -0.388. The van der Waals surface area contributed by atoms with Gasteiger partial charge in [0.05, 0.1) is 61.9 Å². The van der Waals surface area contributed by atoms with E-state index in [1.54, 1.807) is 24.7 Å². The van der Waals surface area contributed by atoms with Gasteiger partial charge in [-0.25, -0.2) is 14.3 Å². The Balaban J connectivity index is 1.27. The number of ether oxygens (including phenoxy) is 1. The maximum Gasteiger partial charge on any atom is 0.323 e. The normalized spacial score (nSPS) is 13.9. The van der Waals surface area contributed by atoms with Crippen LogP contribution in [-0.2, 0) is 11.2 Å². The van der Waals surface area contributed by atoms with Gasteiger partial charge < -0.3 is 25.0 Å². The number of aryl methyl sites for hydroxylation is 1. The molecular weight excluding hydrogens is 464 g/mol. The van der Waals surface area contributed by atoms with Crippen molar-refractivity contribution in [3.8, 4) is 11.5 Å². The lowest BCUT2D eigenvalue weighted by molar-refractivity contribution is 0.0908. The van der Waals surface area contributed by atoms with E-state index in [0.29, 0.717) is 47.7 Å². The van der Waals surface area contributed by atoms with Crippen molar-refractivity contribution in [1.29, 1.82) is 0 Å². The third-order valence-corrected chi connectivity index (χ3v) is 6.15. The van der Waals surface area contributed by atoms with Gasteiger partial charge in [-0.2, -0.15) is 10.1 Å². The monoisotopic (exact) mass is 492 g/mol. The standard InChI is InChI=1S/C24H28N8O4/c1-15-12-17(13-26-21(15)23-30-20(36-31-23)7-10-35-11-9-33)28-24(34)29-18-14-25-19-6-8-27-32(19)22(18)16-4-2-3-5-16/h6,8,12-14,16,33H,2-5,7,9-11H2,1H3,(H2,28,29,34). The van der Waals surface area contributed by atoms with Crippen molar-refractivity contribution >= 4 is 23.1 Å². The van der Waals surface area contributed by atoms with Crippen molar-refractivity contribution < 1.29 is 19.2 Å². The van der Waals surface area contributed by atoms with Gasteiger partial charge in [0.15, 0.2) is 5.65 Å². The molecule has 1 aliphatic carbocycles.